The van der Waals surface area contributed by atoms with Gasteiger partial charge in [0.05, 0.1) is 5.69 Å². The molecule has 3 nitrogen and oxygen atoms in total. The third-order valence-corrected chi connectivity index (χ3v) is 7.31. The summed E-state index contributed by atoms with van der Waals surface area (Å²) < 4.78 is 14.4. The molecule has 0 aliphatic carbocycles. The summed E-state index contributed by atoms with van der Waals surface area (Å²) in [4.78, 5) is 2.55. The van der Waals surface area contributed by atoms with Crippen molar-refractivity contribution in [3.63, 3.8) is 0 Å². The van der Waals surface area contributed by atoms with Gasteiger partial charge in [-0.1, -0.05) is 37.8 Å². The summed E-state index contributed by atoms with van der Waals surface area (Å²) in [5, 5.41) is 6.44. The first-order chi connectivity index (χ1) is 15.5. The van der Waals surface area contributed by atoms with Crippen LogP contribution in [0.15, 0.2) is 55.3 Å². The van der Waals surface area contributed by atoms with Crippen LogP contribution in [0.3, 0.4) is 0 Å². The molecule has 2 aliphatic heterocycles. The van der Waals surface area contributed by atoms with E-state index in [4.69, 9.17) is 0 Å². The molecule has 2 aliphatic rings. The minimum Gasteiger partial charge on any atom is -0.388 e. The molecule has 2 aromatic rings. The SMILES string of the molecule is C=CC1(c2cc(CC)ccc2NC)CCN(CCCc2cc(F)c3c(c2)CC(=C)N3)CC1. The van der Waals surface area contributed by atoms with Crippen molar-refractivity contribution in [2.24, 2.45) is 0 Å². The van der Waals surface area contributed by atoms with Crippen molar-refractivity contribution >= 4 is 11.4 Å². The smallest absolute Gasteiger partial charge is 0.147 e. The largest absolute Gasteiger partial charge is 0.388 e. The molecule has 0 aromatic heterocycles. The van der Waals surface area contributed by atoms with Crippen LogP contribution in [0.4, 0.5) is 15.8 Å². The number of nitrogens with one attached hydrogen (secondary N) is 2. The summed E-state index contributed by atoms with van der Waals surface area (Å²) in [6.45, 7) is 13.6. The number of nitrogens with zero attached hydrogens (tertiary/aromatic N) is 1. The van der Waals surface area contributed by atoms with E-state index in [1.807, 2.05) is 7.05 Å². The number of hydrogen-bond acceptors (Lipinski definition) is 3. The highest BCUT2D eigenvalue weighted by Gasteiger charge is 2.35. The van der Waals surface area contributed by atoms with Crippen molar-refractivity contribution in [3.8, 4) is 0 Å². The van der Waals surface area contributed by atoms with E-state index in [9.17, 15) is 4.39 Å². The molecule has 0 amide bonds. The molecular formula is C28H36FN3. The maximum Gasteiger partial charge on any atom is 0.147 e. The molecule has 0 spiro atoms. The molecule has 4 rings (SSSR count). The van der Waals surface area contributed by atoms with Gasteiger partial charge < -0.3 is 15.5 Å². The molecule has 1 fully saturated rings. The van der Waals surface area contributed by atoms with Crippen LogP contribution >= 0.6 is 0 Å². The fraction of sp³-hybridized carbons (Fsp3) is 0.429. The quantitative estimate of drug-likeness (QED) is 0.495. The minimum absolute atomic E-state index is 0.0263. The Kier molecular flexibility index (Phi) is 6.71. The molecule has 4 heteroatoms. The second-order valence-electron chi connectivity index (χ2n) is 9.31. The van der Waals surface area contributed by atoms with E-state index in [0.29, 0.717) is 5.69 Å². The first-order valence-corrected chi connectivity index (χ1v) is 11.9. The van der Waals surface area contributed by atoms with E-state index in [2.05, 4.69) is 66.0 Å². The maximum atomic E-state index is 14.4. The van der Waals surface area contributed by atoms with Gasteiger partial charge in [-0.2, -0.15) is 0 Å². The van der Waals surface area contributed by atoms with Crippen LogP contribution in [0.25, 0.3) is 0 Å². The highest BCUT2D eigenvalue weighted by molar-refractivity contribution is 5.63. The lowest BCUT2D eigenvalue weighted by atomic mass is 9.71. The van der Waals surface area contributed by atoms with Gasteiger partial charge in [0.25, 0.3) is 0 Å². The molecule has 0 unspecified atom stereocenters. The number of aryl methyl sites for hydroxylation is 2. The zero-order chi connectivity index (χ0) is 22.7. The molecule has 0 radical (unpaired) electrons. The van der Waals surface area contributed by atoms with Gasteiger partial charge >= 0.3 is 0 Å². The Bertz CT molecular complexity index is 1000. The van der Waals surface area contributed by atoms with Gasteiger partial charge in [0.1, 0.15) is 5.82 Å². The molecule has 2 aromatic carbocycles. The summed E-state index contributed by atoms with van der Waals surface area (Å²) in [5.41, 5.74) is 7.62. The van der Waals surface area contributed by atoms with E-state index >= 15 is 0 Å². The second-order valence-corrected chi connectivity index (χ2v) is 9.31. The first-order valence-electron chi connectivity index (χ1n) is 11.9. The van der Waals surface area contributed by atoms with E-state index in [1.165, 1.54) is 16.8 Å². The average molecular weight is 434 g/mol. The third kappa shape index (κ3) is 4.47. The van der Waals surface area contributed by atoms with Gasteiger partial charge in [0.2, 0.25) is 0 Å². The lowest BCUT2D eigenvalue weighted by Gasteiger charge is -2.41. The summed E-state index contributed by atoms with van der Waals surface area (Å²) in [6, 6.07) is 10.6. The molecule has 32 heavy (non-hydrogen) atoms. The van der Waals surface area contributed by atoms with Crippen LogP contribution in [0.2, 0.25) is 0 Å². The van der Waals surface area contributed by atoms with Crippen molar-refractivity contribution in [2.45, 2.75) is 50.9 Å². The number of likely N-dealkylation sites (tertiary alicyclic amines) is 1. The molecule has 170 valence electrons. The minimum atomic E-state index is -0.153. The Morgan fingerprint density at radius 2 is 1.97 bits per heavy atom. The van der Waals surface area contributed by atoms with Crippen LogP contribution in [-0.2, 0) is 24.7 Å². The Morgan fingerprint density at radius 1 is 1.19 bits per heavy atom. The van der Waals surface area contributed by atoms with Gasteiger partial charge in [-0.05, 0) is 86.1 Å². The van der Waals surface area contributed by atoms with Crippen molar-refractivity contribution < 1.29 is 4.39 Å². The average Bonchev–Trinajstić information content (AvgIpc) is 3.20. The number of rotatable bonds is 8. The fourth-order valence-corrected chi connectivity index (χ4v) is 5.31. The standard InChI is InChI=1S/C28H36FN3/c1-5-21-9-10-26(30-4)24(18-21)28(6-2)11-14-32(15-12-28)13-7-8-22-17-23-16-20(3)31-27(23)25(29)19-22/h6,9-10,17-19,30-31H,2-3,5,7-8,11-16H2,1,4H3. The second kappa shape index (κ2) is 9.50. The molecule has 0 bridgehead atoms. The predicted molar refractivity (Wildman–Crippen MR) is 134 cm³/mol. The van der Waals surface area contributed by atoms with Crippen molar-refractivity contribution in [1.82, 2.24) is 4.90 Å². The van der Waals surface area contributed by atoms with E-state index in [0.717, 1.165) is 75.0 Å². The fourth-order valence-electron chi connectivity index (χ4n) is 5.31. The number of benzene rings is 2. The Balaban J connectivity index is 1.36. The number of halogens is 1. The van der Waals surface area contributed by atoms with Crippen molar-refractivity contribution in [1.29, 1.82) is 0 Å². The Hall–Kier alpha value is -2.59. The van der Waals surface area contributed by atoms with Crippen LogP contribution < -0.4 is 10.6 Å². The molecular weight excluding hydrogens is 397 g/mol. The number of anilines is 2. The first kappa shape index (κ1) is 22.6. The van der Waals surface area contributed by atoms with E-state index in [1.54, 1.807) is 6.07 Å². The maximum absolute atomic E-state index is 14.4. The van der Waals surface area contributed by atoms with Gasteiger partial charge in [-0.3, -0.25) is 0 Å². The Labute approximate surface area is 192 Å². The van der Waals surface area contributed by atoms with E-state index in [-0.39, 0.29) is 11.2 Å². The lowest BCUT2D eigenvalue weighted by molar-refractivity contribution is 0.181. The topological polar surface area (TPSA) is 27.3 Å². The van der Waals surface area contributed by atoms with Gasteiger partial charge in [-0.15, -0.1) is 6.58 Å². The molecule has 1 saturated heterocycles. The molecule has 2 heterocycles. The highest BCUT2D eigenvalue weighted by atomic mass is 19.1. The summed E-state index contributed by atoms with van der Waals surface area (Å²) in [6.07, 6.45) is 8.06. The van der Waals surface area contributed by atoms with Crippen LogP contribution in [0.5, 0.6) is 0 Å². The van der Waals surface area contributed by atoms with Gasteiger partial charge in [-0.25, -0.2) is 4.39 Å². The van der Waals surface area contributed by atoms with Crippen molar-refractivity contribution in [2.75, 3.05) is 37.3 Å². The van der Waals surface area contributed by atoms with Gasteiger partial charge in [0, 0.05) is 30.3 Å². The number of hydrogen-bond donors (Lipinski definition) is 2. The highest BCUT2D eigenvalue weighted by Crippen LogP contribution is 2.41. The third-order valence-electron chi connectivity index (χ3n) is 7.31. The number of piperidine rings is 1. The number of fused-ring (bicyclic) bond motifs is 1. The summed E-state index contributed by atoms with van der Waals surface area (Å²) >= 11 is 0. The molecule has 2 N–H and O–H groups in total. The Morgan fingerprint density at radius 3 is 2.66 bits per heavy atom. The van der Waals surface area contributed by atoms with Crippen molar-refractivity contribution in [3.05, 3.63) is 83.3 Å². The van der Waals surface area contributed by atoms with Crippen LogP contribution in [0, 0.1) is 5.82 Å². The zero-order valence-electron chi connectivity index (χ0n) is 19.6. The lowest BCUT2D eigenvalue weighted by Crippen LogP contribution is -2.42. The van der Waals surface area contributed by atoms with Gasteiger partial charge in [0.15, 0.2) is 0 Å². The molecule has 0 saturated carbocycles. The van der Waals surface area contributed by atoms with Crippen LogP contribution in [-0.4, -0.2) is 31.6 Å². The predicted octanol–water partition coefficient (Wildman–Crippen LogP) is 6.06. The molecule has 0 atom stereocenters. The summed E-state index contributed by atoms with van der Waals surface area (Å²) in [7, 11) is 2.00. The van der Waals surface area contributed by atoms with Crippen LogP contribution in [0.1, 0.15) is 48.4 Å². The van der Waals surface area contributed by atoms with E-state index < -0.39 is 0 Å². The summed E-state index contributed by atoms with van der Waals surface area (Å²) in [5.74, 6) is -0.153. The number of allylic oxidation sites excluding steroid dienone is 2. The normalized spacial score (nSPS) is 17.7. The zero-order valence-corrected chi connectivity index (χ0v) is 19.6. The monoisotopic (exact) mass is 433 g/mol.